The van der Waals surface area contributed by atoms with Gasteiger partial charge in [0.05, 0.1) is 5.02 Å². The summed E-state index contributed by atoms with van der Waals surface area (Å²) in [5.74, 6) is 2.36. The normalized spacial score (nSPS) is 39.8. The van der Waals surface area contributed by atoms with E-state index < -0.39 is 0 Å². The van der Waals surface area contributed by atoms with Crippen molar-refractivity contribution in [3.63, 3.8) is 0 Å². The van der Waals surface area contributed by atoms with Crippen LogP contribution in [0, 0.1) is 23.6 Å². The molecule has 1 aromatic rings. The third-order valence-electron chi connectivity index (χ3n) is 5.63. The van der Waals surface area contributed by atoms with Crippen LogP contribution in [-0.4, -0.2) is 0 Å². The van der Waals surface area contributed by atoms with Crippen molar-refractivity contribution in [1.29, 1.82) is 0 Å². The lowest BCUT2D eigenvalue weighted by molar-refractivity contribution is -0.00533. The Balaban J connectivity index is 1.79. The molecule has 102 valence electrons. The Morgan fingerprint density at radius 2 is 1.58 bits per heavy atom. The van der Waals surface area contributed by atoms with Crippen LogP contribution in [0.5, 0.6) is 0 Å². The molecule has 1 aromatic carbocycles. The van der Waals surface area contributed by atoms with E-state index in [1.54, 1.807) is 6.07 Å². The van der Waals surface area contributed by atoms with Gasteiger partial charge < -0.3 is 0 Å². The van der Waals surface area contributed by atoms with Crippen molar-refractivity contribution in [3.8, 4) is 0 Å². The van der Waals surface area contributed by atoms with Crippen LogP contribution in [0.15, 0.2) is 16.6 Å². The van der Waals surface area contributed by atoms with Gasteiger partial charge in [-0.1, -0.05) is 11.6 Å². The average molecular weight is 344 g/mol. The van der Waals surface area contributed by atoms with Gasteiger partial charge in [-0.25, -0.2) is 4.39 Å². The highest BCUT2D eigenvalue weighted by atomic mass is 79.9. The fraction of sp³-hybridized carbons (Fsp3) is 0.625. The Morgan fingerprint density at radius 1 is 1.05 bits per heavy atom. The summed E-state index contributed by atoms with van der Waals surface area (Å²) in [6.07, 6.45) is 8.01. The molecule has 0 amide bonds. The maximum Gasteiger partial charge on any atom is 0.143 e. The molecule has 0 radical (unpaired) electrons. The van der Waals surface area contributed by atoms with Crippen LogP contribution in [-0.2, 0) is 5.41 Å². The zero-order valence-electron chi connectivity index (χ0n) is 10.8. The fourth-order valence-electron chi connectivity index (χ4n) is 5.33. The van der Waals surface area contributed by atoms with Crippen LogP contribution in [0.25, 0.3) is 0 Å². The van der Waals surface area contributed by atoms with Crippen molar-refractivity contribution in [3.05, 3.63) is 33.0 Å². The monoisotopic (exact) mass is 342 g/mol. The van der Waals surface area contributed by atoms with E-state index >= 15 is 0 Å². The summed E-state index contributed by atoms with van der Waals surface area (Å²) >= 11 is 9.34. The molecule has 0 aromatic heterocycles. The molecule has 0 atom stereocenters. The van der Waals surface area contributed by atoms with Gasteiger partial charge in [-0.2, -0.15) is 0 Å². The lowest BCUT2D eigenvalue weighted by Crippen LogP contribution is -2.48. The third kappa shape index (κ3) is 1.90. The lowest BCUT2D eigenvalue weighted by Gasteiger charge is -2.57. The van der Waals surface area contributed by atoms with Gasteiger partial charge in [0.2, 0.25) is 0 Å². The number of rotatable bonds is 1. The third-order valence-corrected chi connectivity index (χ3v) is 6.87. The summed E-state index contributed by atoms with van der Waals surface area (Å²) in [4.78, 5) is 0. The number of hydrogen-bond donors (Lipinski definition) is 0. The van der Waals surface area contributed by atoms with E-state index in [-0.39, 0.29) is 16.3 Å². The topological polar surface area (TPSA) is 0 Å². The van der Waals surface area contributed by atoms with Crippen molar-refractivity contribution in [1.82, 2.24) is 0 Å². The van der Waals surface area contributed by atoms with Gasteiger partial charge in [-0.05, 0) is 95.3 Å². The summed E-state index contributed by atoms with van der Waals surface area (Å²) in [6, 6.07) is 3.76. The maximum atomic E-state index is 14.0. The Bertz CT molecular complexity index is 481. The zero-order chi connectivity index (χ0) is 13.2. The molecule has 19 heavy (non-hydrogen) atoms. The number of hydrogen-bond acceptors (Lipinski definition) is 0. The molecule has 4 aliphatic carbocycles. The second-order valence-electron chi connectivity index (χ2n) is 6.95. The summed E-state index contributed by atoms with van der Waals surface area (Å²) in [6.45, 7) is 0. The van der Waals surface area contributed by atoms with Gasteiger partial charge in [0.15, 0.2) is 0 Å². The predicted octanol–water partition coefficient (Wildman–Crippen LogP) is 5.71. The molecular weight excluding hydrogens is 327 g/mol. The average Bonchev–Trinajstić information content (AvgIpc) is 2.33. The largest absolute Gasteiger partial charge is 0.205 e. The van der Waals surface area contributed by atoms with E-state index in [4.69, 9.17) is 11.6 Å². The molecule has 4 saturated carbocycles. The number of benzene rings is 1. The van der Waals surface area contributed by atoms with Crippen LogP contribution in [0.1, 0.15) is 44.1 Å². The van der Waals surface area contributed by atoms with Gasteiger partial charge in [0.25, 0.3) is 0 Å². The molecule has 4 fully saturated rings. The summed E-state index contributed by atoms with van der Waals surface area (Å²) in [5.41, 5.74) is 1.42. The van der Waals surface area contributed by atoms with Crippen molar-refractivity contribution in [2.75, 3.05) is 0 Å². The van der Waals surface area contributed by atoms with E-state index in [2.05, 4.69) is 22.0 Å². The fourth-order valence-corrected chi connectivity index (χ4v) is 5.87. The Labute approximate surface area is 126 Å². The van der Waals surface area contributed by atoms with Gasteiger partial charge in [0, 0.05) is 4.47 Å². The van der Waals surface area contributed by atoms with Crippen LogP contribution in [0.3, 0.4) is 0 Å². The predicted molar refractivity (Wildman–Crippen MR) is 79.0 cm³/mol. The van der Waals surface area contributed by atoms with Crippen molar-refractivity contribution in [2.24, 2.45) is 17.8 Å². The standard InChI is InChI=1S/C16H17BrClF/c17-13-4-12(5-14(19)15(13)18)16-6-9-1-10(7-16)3-11(2-9)8-16/h4-5,9-11H,1-3,6-8H2. The first-order valence-corrected chi connectivity index (χ1v) is 8.38. The van der Waals surface area contributed by atoms with Crippen molar-refractivity contribution >= 4 is 27.5 Å². The van der Waals surface area contributed by atoms with Crippen molar-refractivity contribution in [2.45, 2.75) is 43.9 Å². The summed E-state index contributed by atoms with van der Waals surface area (Å²) in [5, 5.41) is 0.216. The first kappa shape index (κ1) is 12.6. The van der Waals surface area contributed by atoms with Gasteiger partial charge >= 0.3 is 0 Å². The number of halogens is 3. The first-order chi connectivity index (χ1) is 9.06. The minimum atomic E-state index is -0.276. The van der Waals surface area contributed by atoms with Crippen LogP contribution in [0.4, 0.5) is 4.39 Å². The molecular formula is C16H17BrClF. The Kier molecular flexibility index (Phi) is 2.80. The quantitative estimate of drug-likeness (QED) is 0.573. The molecule has 3 heteroatoms. The maximum absolute atomic E-state index is 14.0. The molecule has 0 saturated heterocycles. The summed E-state index contributed by atoms with van der Waals surface area (Å²) < 4.78 is 14.7. The highest BCUT2D eigenvalue weighted by Gasteiger charge is 2.51. The first-order valence-electron chi connectivity index (χ1n) is 7.21. The molecule has 0 spiro atoms. The van der Waals surface area contributed by atoms with E-state index in [1.165, 1.54) is 44.1 Å². The van der Waals surface area contributed by atoms with E-state index in [9.17, 15) is 4.39 Å². The zero-order valence-corrected chi connectivity index (χ0v) is 13.1. The molecule has 0 aliphatic heterocycles. The molecule has 0 unspecified atom stereocenters. The second kappa shape index (κ2) is 4.21. The highest BCUT2D eigenvalue weighted by Crippen LogP contribution is 2.61. The van der Waals surface area contributed by atoms with Crippen molar-refractivity contribution < 1.29 is 4.39 Å². The van der Waals surface area contributed by atoms with Gasteiger partial charge in [-0.15, -0.1) is 0 Å². The van der Waals surface area contributed by atoms with Crippen LogP contribution < -0.4 is 0 Å². The molecule has 4 aliphatic rings. The van der Waals surface area contributed by atoms with E-state index in [0.717, 1.165) is 17.8 Å². The van der Waals surface area contributed by atoms with Crippen LogP contribution >= 0.6 is 27.5 Å². The molecule has 0 nitrogen and oxygen atoms in total. The minimum Gasteiger partial charge on any atom is -0.205 e. The molecule has 0 heterocycles. The van der Waals surface area contributed by atoms with Gasteiger partial charge in [0.1, 0.15) is 5.82 Å². The molecule has 0 N–H and O–H groups in total. The van der Waals surface area contributed by atoms with Crippen LogP contribution in [0.2, 0.25) is 5.02 Å². The van der Waals surface area contributed by atoms with E-state index in [1.807, 2.05) is 0 Å². The van der Waals surface area contributed by atoms with Gasteiger partial charge in [-0.3, -0.25) is 0 Å². The smallest absolute Gasteiger partial charge is 0.143 e. The Morgan fingerprint density at radius 3 is 2.05 bits per heavy atom. The summed E-state index contributed by atoms with van der Waals surface area (Å²) in [7, 11) is 0. The highest BCUT2D eigenvalue weighted by molar-refractivity contribution is 9.10. The van der Waals surface area contributed by atoms with E-state index in [0.29, 0.717) is 4.47 Å². The minimum absolute atomic E-state index is 0.216. The SMILES string of the molecule is Fc1cc(C23CC4CC(CC(C4)C2)C3)cc(Br)c1Cl. The molecule has 4 bridgehead atoms. The second-order valence-corrected chi connectivity index (χ2v) is 8.18. The Hall–Kier alpha value is -0.0800. The molecule has 5 rings (SSSR count). The lowest BCUT2D eigenvalue weighted by atomic mass is 9.48.